The number of ether oxygens (including phenoxy) is 2. The highest BCUT2D eigenvalue weighted by Gasteiger charge is 2.22. The second-order valence-electron chi connectivity index (χ2n) is 11.4. The maximum absolute atomic E-state index is 12.1. The van der Waals surface area contributed by atoms with Gasteiger partial charge >= 0.3 is 0 Å². The molecule has 0 aliphatic carbocycles. The Morgan fingerprint density at radius 3 is 1.46 bits per heavy atom. The van der Waals surface area contributed by atoms with Crippen LogP contribution in [-0.2, 0) is 25.9 Å². The second kappa shape index (κ2) is 13.7. The predicted octanol–water partition coefficient (Wildman–Crippen LogP) is 5.06. The highest BCUT2D eigenvalue weighted by Crippen LogP contribution is 2.34. The smallest absolute Gasteiger partial charge is 0.248 e. The fraction of sp³-hybridized carbons (Fsp3) is 0.294. The number of carbonyl (C=O) groups excluding carboxylic acids is 2. The molecule has 0 aliphatic heterocycles. The van der Waals surface area contributed by atoms with Gasteiger partial charge < -0.3 is 38.9 Å². The molecule has 6 rings (SSSR count). The fourth-order valence-electron chi connectivity index (χ4n) is 5.78. The van der Waals surface area contributed by atoms with E-state index in [2.05, 4.69) is 20.6 Å². The van der Waals surface area contributed by atoms with E-state index in [9.17, 15) is 9.59 Å². The van der Waals surface area contributed by atoms with Crippen molar-refractivity contribution in [2.24, 2.45) is 11.5 Å². The SMILES string of the molecule is CCc1nc(C)oc1Nc1nc2cc(C(N)=O)cc(OC)c2n1C/C=C/Cn1c(Nc2oc(C)nc2CC)nc2cc(C(N)=O)cc(OC)c21. The number of amides is 2. The highest BCUT2D eigenvalue weighted by atomic mass is 16.5. The summed E-state index contributed by atoms with van der Waals surface area (Å²) in [5.41, 5.74) is 15.5. The second-order valence-corrected chi connectivity index (χ2v) is 11.4. The zero-order valence-electron chi connectivity index (χ0n) is 28.6. The first-order valence-electron chi connectivity index (χ1n) is 15.9. The molecule has 0 saturated carbocycles. The topological polar surface area (TPSA) is 216 Å². The summed E-state index contributed by atoms with van der Waals surface area (Å²) in [7, 11) is 3.04. The number of nitrogens with one attached hydrogen (secondary N) is 2. The molecule has 260 valence electrons. The molecule has 0 saturated heterocycles. The Kier molecular flexibility index (Phi) is 9.17. The van der Waals surface area contributed by atoms with Gasteiger partial charge in [-0.3, -0.25) is 20.2 Å². The number of nitrogens with two attached hydrogens (primary N) is 2. The molecule has 0 bridgehead atoms. The van der Waals surface area contributed by atoms with Gasteiger partial charge in [-0.2, -0.15) is 0 Å². The maximum atomic E-state index is 12.1. The van der Waals surface area contributed by atoms with E-state index in [0.29, 0.717) is 94.9 Å². The molecule has 0 unspecified atom stereocenters. The molecule has 16 nitrogen and oxygen atoms in total. The van der Waals surface area contributed by atoms with Crippen LogP contribution in [0.4, 0.5) is 23.7 Å². The molecule has 4 heterocycles. The Labute approximate surface area is 286 Å². The number of aryl methyl sites for hydroxylation is 4. The van der Waals surface area contributed by atoms with Crippen molar-refractivity contribution >= 4 is 57.5 Å². The van der Waals surface area contributed by atoms with Crippen molar-refractivity contribution in [3.05, 3.63) is 70.7 Å². The van der Waals surface area contributed by atoms with Crippen LogP contribution in [0.3, 0.4) is 0 Å². The molecule has 0 aliphatic rings. The molecular formula is C34H38N10O6. The first-order chi connectivity index (χ1) is 24.0. The molecule has 0 atom stereocenters. The van der Waals surface area contributed by atoms with Gasteiger partial charge in [0.05, 0.1) is 25.3 Å². The molecule has 50 heavy (non-hydrogen) atoms. The Morgan fingerprint density at radius 2 is 1.12 bits per heavy atom. The van der Waals surface area contributed by atoms with Crippen LogP contribution in [0.2, 0.25) is 0 Å². The summed E-state index contributed by atoms with van der Waals surface area (Å²) in [5.74, 6) is 2.50. The number of rotatable bonds is 14. The van der Waals surface area contributed by atoms with Gasteiger partial charge in [-0.1, -0.05) is 26.0 Å². The third-order valence-corrected chi connectivity index (χ3v) is 8.09. The van der Waals surface area contributed by atoms with E-state index in [4.69, 9.17) is 39.7 Å². The zero-order chi connectivity index (χ0) is 35.7. The number of allylic oxidation sites excluding steroid dienone is 2. The van der Waals surface area contributed by atoms with Gasteiger partial charge in [0.1, 0.15) is 33.9 Å². The summed E-state index contributed by atoms with van der Waals surface area (Å²) in [4.78, 5) is 42.7. The number of hydrogen-bond donors (Lipinski definition) is 4. The quantitative estimate of drug-likeness (QED) is 0.111. The van der Waals surface area contributed by atoms with Gasteiger partial charge in [0.2, 0.25) is 35.5 Å². The third-order valence-electron chi connectivity index (χ3n) is 8.09. The Balaban J connectivity index is 1.41. The van der Waals surface area contributed by atoms with Crippen LogP contribution in [0, 0.1) is 13.8 Å². The van der Waals surface area contributed by atoms with Crippen LogP contribution in [0.1, 0.15) is 57.7 Å². The number of hydrogen-bond acceptors (Lipinski definition) is 12. The number of nitrogens with zero attached hydrogens (tertiary/aromatic N) is 6. The first kappa shape index (κ1) is 33.6. The van der Waals surface area contributed by atoms with Gasteiger partial charge in [-0.15, -0.1) is 0 Å². The largest absolute Gasteiger partial charge is 0.494 e. The summed E-state index contributed by atoms with van der Waals surface area (Å²) in [6.07, 6.45) is 5.19. The van der Waals surface area contributed by atoms with E-state index in [0.717, 1.165) is 11.4 Å². The van der Waals surface area contributed by atoms with E-state index in [1.807, 2.05) is 35.1 Å². The standard InChI is InChI=1S/C34H38N10O6/c1-7-21-31(49-17(3)37-21)41-33-39-23-13-19(29(35)45)15-25(47-5)27(23)43(33)11-9-10-12-44-28-24(14-20(30(36)46)16-26(28)48-6)40-34(44)42-32-22(8-2)38-18(4)50-32/h9-10,13-16H,7-8,11-12H2,1-6H3,(H2,35,45)(H2,36,46)(H,39,41)(H,40,42)/b10-9+. The van der Waals surface area contributed by atoms with Gasteiger partial charge in [-0.05, 0) is 37.1 Å². The summed E-state index contributed by atoms with van der Waals surface area (Å²) in [5, 5.41) is 6.56. The van der Waals surface area contributed by atoms with Crippen LogP contribution in [0.5, 0.6) is 11.5 Å². The first-order valence-corrected chi connectivity index (χ1v) is 15.9. The average molecular weight is 683 g/mol. The number of anilines is 4. The van der Waals surface area contributed by atoms with E-state index in [-0.39, 0.29) is 11.1 Å². The van der Waals surface area contributed by atoms with Crippen molar-refractivity contribution in [2.45, 2.75) is 53.6 Å². The molecular weight excluding hydrogens is 644 g/mol. The maximum Gasteiger partial charge on any atom is 0.248 e. The Bertz CT molecular complexity index is 2120. The minimum absolute atomic E-state index is 0.263. The van der Waals surface area contributed by atoms with Crippen LogP contribution in [0.25, 0.3) is 22.1 Å². The minimum atomic E-state index is -0.602. The summed E-state index contributed by atoms with van der Waals surface area (Å²) < 4.78 is 26.9. The van der Waals surface area contributed by atoms with E-state index in [1.165, 1.54) is 14.2 Å². The predicted molar refractivity (Wildman–Crippen MR) is 187 cm³/mol. The third kappa shape index (κ3) is 6.29. The van der Waals surface area contributed by atoms with Crippen molar-refractivity contribution in [3.8, 4) is 11.5 Å². The number of carbonyl (C=O) groups is 2. The van der Waals surface area contributed by atoms with E-state index >= 15 is 0 Å². The lowest BCUT2D eigenvalue weighted by atomic mass is 10.1. The van der Waals surface area contributed by atoms with Crippen LogP contribution < -0.4 is 31.6 Å². The van der Waals surface area contributed by atoms with Crippen LogP contribution >= 0.6 is 0 Å². The van der Waals surface area contributed by atoms with E-state index in [1.54, 1.807) is 38.1 Å². The number of aromatic nitrogens is 6. The van der Waals surface area contributed by atoms with Gasteiger partial charge in [0.15, 0.2) is 11.8 Å². The van der Waals surface area contributed by atoms with Crippen molar-refractivity contribution in [1.82, 2.24) is 29.1 Å². The molecule has 2 aromatic carbocycles. The molecule has 0 fully saturated rings. The molecule has 6 N–H and O–H groups in total. The molecule has 2 amide bonds. The summed E-state index contributed by atoms with van der Waals surface area (Å²) >= 11 is 0. The van der Waals surface area contributed by atoms with Crippen molar-refractivity contribution in [1.29, 1.82) is 0 Å². The lowest BCUT2D eigenvalue weighted by Crippen LogP contribution is -2.11. The fourth-order valence-corrected chi connectivity index (χ4v) is 5.78. The number of benzene rings is 2. The van der Waals surface area contributed by atoms with Gasteiger partial charge in [-0.25, -0.2) is 19.9 Å². The minimum Gasteiger partial charge on any atom is -0.494 e. The van der Waals surface area contributed by atoms with Crippen molar-refractivity contribution in [3.63, 3.8) is 0 Å². The number of methoxy groups -OCH3 is 2. The zero-order valence-corrected chi connectivity index (χ0v) is 28.6. The molecule has 0 spiro atoms. The highest BCUT2D eigenvalue weighted by molar-refractivity contribution is 6.00. The Hall–Kier alpha value is -6.32. The number of primary amides is 2. The number of fused-ring (bicyclic) bond motifs is 2. The van der Waals surface area contributed by atoms with Gasteiger partial charge in [0.25, 0.3) is 0 Å². The molecule has 4 aromatic heterocycles. The monoisotopic (exact) mass is 682 g/mol. The van der Waals surface area contributed by atoms with Crippen LogP contribution in [0.15, 0.2) is 45.3 Å². The summed E-state index contributed by atoms with van der Waals surface area (Å²) in [6, 6.07) is 6.42. The summed E-state index contributed by atoms with van der Waals surface area (Å²) in [6.45, 7) is 8.18. The normalized spacial score (nSPS) is 11.6. The average Bonchev–Trinajstić information content (AvgIpc) is 3.84. The van der Waals surface area contributed by atoms with Crippen molar-refractivity contribution in [2.75, 3.05) is 24.9 Å². The lowest BCUT2D eigenvalue weighted by molar-refractivity contribution is 0.0991. The lowest BCUT2D eigenvalue weighted by Gasteiger charge is -2.12. The Morgan fingerprint density at radius 1 is 0.720 bits per heavy atom. The molecule has 6 aromatic rings. The van der Waals surface area contributed by atoms with Crippen molar-refractivity contribution < 1.29 is 27.9 Å². The number of oxazole rings is 2. The molecule has 0 radical (unpaired) electrons. The van der Waals surface area contributed by atoms with E-state index < -0.39 is 11.8 Å². The van der Waals surface area contributed by atoms with Crippen LogP contribution in [-0.4, -0.2) is 55.1 Å². The number of imidazole rings is 2. The molecule has 16 heteroatoms. The van der Waals surface area contributed by atoms with Gasteiger partial charge in [0, 0.05) is 38.1 Å².